The first-order valence-corrected chi connectivity index (χ1v) is 7.97. The number of nitrogens with zero attached hydrogens (tertiary/aromatic N) is 1. The molecule has 20 heavy (non-hydrogen) atoms. The van der Waals surface area contributed by atoms with Gasteiger partial charge < -0.3 is 14.7 Å². The van der Waals surface area contributed by atoms with Gasteiger partial charge in [-0.2, -0.15) is 0 Å². The maximum atomic E-state index is 12.4. The highest BCUT2D eigenvalue weighted by atomic mass is 32.1. The Kier molecular flexibility index (Phi) is 5.57. The summed E-state index contributed by atoms with van der Waals surface area (Å²) in [6, 6.07) is 2.05. The van der Waals surface area contributed by atoms with Crippen molar-refractivity contribution in [1.82, 2.24) is 4.90 Å². The lowest BCUT2D eigenvalue weighted by molar-refractivity contribution is 0.0382. The van der Waals surface area contributed by atoms with Crippen molar-refractivity contribution in [3.63, 3.8) is 0 Å². The number of amides is 1. The Bertz CT molecular complexity index is 434. The summed E-state index contributed by atoms with van der Waals surface area (Å²) in [5.41, 5.74) is 1.35. The summed E-state index contributed by atoms with van der Waals surface area (Å²) in [7, 11) is 3.27. The van der Waals surface area contributed by atoms with E-state index in [0.717, 1.165) is 17.7 Å². The van der Waals surface area contributed by atoms with Gasteiger partial charge in [-0.05, 0) is 37.3 Å². The van der Waals surface area contributed by atoms with Crippen LogP contribution in [0.2, 0.25) is 0 Å². The van der Waals surface area contributed by atoms with Crippen LogP contribution >= 0.6 is 11.3 Å². The van der Waals surface area contributed by atoms with Gasteiger partial charge in [0.25, 0.3) is 5.91 Å². The van der Waals surface area contributed by atoms with Gasteiger partial charge in [0.1, 0.15) is 0 Å². The van der Waals surface area contributed by atoms with Gasteiger partial charge in [-0.1, -0.05) is 6.42 Å². The largest absolute Gasteiger partial charge is 0.389 e. The average molecular weight is 297 g/mol. The Hall–Kier alpha value is -0.910. The molecule has 0 spiro atoms. The van der Waals surface area contributed by atoms with Gasteiger partial charge in [0.2, 0.25) is 0 Å². The minimum atomic E-state index is -0.633. The zero-order valence-corrected chi connectivity index (χ0v) is 13.0. The third-order valence-electron chi connectivity index (χ3n) is 3.65. The number of thiophene rings is 1. The van der Waals surface area contributed by atoms with E-state index in [1.807, 2.05) is 6.07 Å². The van der Waals surface area contributed by atoms with Crippen LogP contribution < -0.4 is 0 Å². The van der Waals surface area contributed by atoms with Crippen molar-refractivity contribution in [3.05, 3.63) is 21.4 Å². The van der Waals surface area contributed by atoms with Crippen molar-refractivity contribution >= 4 is 17.2 Å². The Labute approximate surface area is 124 Å². The molecule has 1 unspecified atom stereocenters. The fourth-order valence-electron chi connectivity index (χ4n) is 2.61. The first-order chi connectivity index (χ1) is 9.61. The SMILES string of the molecule is COCC(O)CN(C)C(=O)c1cc2c(s1)CCCCC2. The molecule has 1 aliphatic carbocycles. The molecule has 0 saturated carbocycles. The molecule has 0 saturated heterocycles. The Morgan fingerprint density at radius 1 is 1.45 bits per heavy atom. The number of fused-ring (bicyclic) bond motifs is 1. The highest BCUT2D eigenvalue weighted by Crippen LogP contribution is 2.29. The second-order valence-electron chi connectivity index (χ2n) is 5.41. The molecule has 1 aromatic heterocycles. The summed E-state index contributed by atoms with van der Waals surface area (Å²) < 4.78 is 4.88. The van der Waals surface area contributed by atoms with Gasteiger partial charge in [0.05, 0.1) is 17.6 Å². The van der Waals surface area contributed by atoms with Crippen LogP contribution in [0.3, 0.4) is 0 Å². The molecule has 1 N–H and O–H groups in total. The molecule has 112 valence electrons. The van der Waals surface area contributed by atoms with Gasteiger partial charge in [0, 0.05) is 25.6 Å². The van der Waals surface area contributed by atoms with Crippen molar-refractivity contribution < 1.29 is 14.6 Å². The number of aryl methyl sites for hydroxylation is 2. The lowest BCUT2D eigenvalue weighted by atomic mass is 10.1. The van der Waals surface area contributed by atoms with E-state index in [-0.39, 0.29) is 12.5 Å². The Morgan fingerprint density at radius 3 is 2.95 bits per heavy atom. The number of likely N-dealkylation sites (N-methyl/N-ethyl adjacent to an activating group) is 1. The molecular formula is C15H23NO3S. The summed E-state index contributed by atoms with van der Waals surface area (Å²) in [5.74, 6) is -0.00164. The van der Waals surface area contributed by atoms with Crippen LogP contribution in [0.5, 0.6) is 0 Å². The highest BCUT2D eigenvalue weighted by molar-refractivity contribution is 7.14. The Balaban J connectivity index is 2.01. The number of hydrogen-bond donors (Lipinski definition) is 1. The van der Waals surface area contributed by atoms with E-state index in [1.165, 1.54) is 29.7 Å². The number of methoxy groups -OCH3 is 1. The molecule has 1 atom stereocenters. The topological polar surface area (TPSA) is 49.8 Å². The Morgan fingerprint density at radius 2 is 2.20 bits per heavy atom. The van der Waals surface area contributed by atoms with E-state index in [0.29, 0.717) is 6.54 Å². The van der Waals surface area contributed by atoms with Gasteiger partial charge in [-0.3, -0.25) is 4.79 Å². The number of carbonyl (C=O) groups excluding carboxylic acids is 1. The van der Waals surface area contributed by atoms with Crippen LogP contribution in [0.4, 0.5) is 0 Å². The zero-order chi connectivity index (χ0) is 14.5. The quantitative estimate of drug-likeness (QED) is 0.847. The molecule has 0 aliphatic heterocycles. The van der Waals surface area contributed by atoms with Gasteiger partial charge in [0.15, 0.2) is 0 Å². The first kappa shape index (κ1) is 15.5. The van der Waals surface area contributed by atoms with E-state index in [2.05, 4.69) is 0 Å². The van der Waals surface area contributed by atoms with E-state index < -0.39 is 6.10 Å². The molecule has 1 aromatic rings. The predicted molar refractivity (Wildman–Crippen MR) is 80.4 cm³/mol. The second-order valence-corrected chi connectivity index (χ2v) is 6.55. The average Bonchev–Trinajstić information content (AvgIpc) is 2.69. The summed E-state index contributed by atoms with van der Waals surface area (Å²) in [4.78, 5) is 16.1. The van der Waals surface area contributed by atoms with Crippen molar-refractivity contribution in [2.24, 2.45) is 0 Å². The number of aliphatic hydroxyl groups is 1. The number of hydrogen-bond acceptors (Lipinski definition) is 4. The zero-order valence-electron chi connectivity index (χ0n) is 12.2. The maximum absolute atomic E-state index is 12.4. The van der Waals surface area contributed by atoms with Crippen LogP contribution in [0.1, 0.15) is 39.4 Å². The minimum Gasteiger partial charge on any atom is -0.389 e. The highest BCUT2D eigenvalue weighted by Gasteiger charge is 2.20. The molecule has 4 nitrogen and oxygen atoms in total. The summed E-state index contributed by atoms with van der Waals surface area (Å²) in [6.45, 7) is 0.549. The van der Waals surface area contributed by atoms with E-state index in [1.54, 1.807) is 30.4 Å². The second kappa shape index (κ2) is 7.20. The molecule has 0 bridgehead atoms. The van der Waals surface area contributed by atoms with E-state index >= 15 is 0 Å². The van der Waals surface area contributed by atoms with E-state index in [4.69, 9.17) is 4.74 Å². The van der Waals surface area contributed by atoms with Crippen LogP contribution in [-0.2, 0) is 17.6 Å². The van der Waals surface area contributed by atoms with Gasteiger partial charge >= 0.3 is 0 Å². The van der Waals surface area contributed by atoms with E-state index in [9.17, 15) is 9.90 Å². The van der Waals surface area contributed by atoms with Crippen LogP contribution in [0.15, 0.2) is 6.07 Å². The molecule has 1 amide bonds. The maximum Gasteiger partial charge on any atom is 0.263 e. The number of aliphatic hydroxyl groups excluding tert-OH is 1. The van der Waals surface area contributed by atoms with Crippen molar-refractivity contribution in [2.75, 3.05) is 27.3 Å². The first-order valence-electron chi connectivity index (χ1n) is 7.16. The lowest BCUT2D eigenvalue weighted by Gasteiger charge is -2.19. The van der Waals surface area contributed by atoms with Crippen molar-refractivity contribution in [1.29, 1.82) is 0 Å². The number of ether oxygens (including phenoxy) is 1. The fraction of sp³-hybridized carbons (Fsp3) is 0.667. The summed E-state index contributed by atoms with van der Waals surface area (Å²) >= 11 is 1.62. The third-order valence-corrected chi connectivity index (χ3v) is 4.87. The lowest BCUT2D eigenvalue weighted by Crippen LogP contribution is -2.35. The molecular weight excluding hydrogens is 274 g/mol. The standard InChI is InChI=1S/C15H23NO3S/c1-16(9-12(17)10-19-2)15(18)14-8-11-6-4-3-5-7-13(11)20-14/h8,12,17H,3-7,9-10H2,1-2H3. The molecule has 0 fully saturated rings. The predicted octanol–water partition coefficient (Wildman–Crippen LogP) is 2.10. The van der Waals surface area contributed by atoms with Crippen LogP contribution in [0.25, 0.3) is 0 Å². The van der Waals surface area contributed by atoms with Gasteiger partial charge in [-0.15, -0.1) is 11.3 Å². The molecule has 1 heterocycles. The minimum absolute atomic E-state index is 0.00164. The normalized spacial score (nSPS) is 16.4. The van der Waals surface area contributed by atoms with Crippen molar-refractivity contribution in [3.8, 4) is 0 Å². The number of rotatable bonds is 5. The molecule has 2 rings (SSSR count). The van der Waals surface area contributed by atoms with Crippen LogP contribution in [-0.4, -0.2) is 49.3 Å². The molecule has 5 heteroatoms. The molecule has 0 radical (unpaired) electrons. The smallest absolute Gasteiger partial charge is 0.263 e. The molecule has 0 aromatic carbocycles. The summed E-state index contributed by atoms with van der Waals surface area (Å²) in [6.07, 6.45) is 5.29. The molecule has 1 aliphatic rings. The fourth-order valence-corrected chi connectivity index (χ4v) is 3.85. The van der Waals surface area contributed by atoms with Gasteiger partial charge in [-0.25, -0.2) is 0 Å². The summed E-state index contributed by atoms with van der Waals surface area (Å²) in [5, 5.41) is 9.70. The van der Waals surface area contributed by atoms with Crippen LogP contribution in [0, 0.1) is 0 Å². The monoisotopic (exact) mass is 297 g/mol. The third kappa shape index (κ3) is 3.81. The van der Waals surface area contributed by atoms with Crippen molar-refractivity contribution in [2.45, 2.75) is 38.2 Å². The number of carbonyl (C=O) groups is 1.